The first-order valence-corrected chi connectivity index (χ1v) is 10.6. The molecule has 2 atom stereocenters. The molecule has 0 amide bonds. The van der Waals surface area contributed by atoms with E-state index < -0.39 is 6.10 Å². The normalized spacial score (nSPS) is 17.8. The summed E-state index contributed by atoms with van der Waals surface area (Å²) in [5.41, 5.74) is 2.71. The first-order chi connectivity index (χ1) is 15.6. The van der Waals surface area contributed by atoms with E-state index in [1.807, 2.05) is 18.2 Å². The highest BCUT2D eigenvalue weighted by molar-refractivity contribution is 6.01. The fourth-order valence-electron chi connectivity index (χ4n) is 3.75. The number of aliphatic hydroxyl groups excluding tert-OH is 1. The highest BCUT2D eigenvalue weighted by atomic mass is 19.1. The molecule has 0 unspecified atom stereocenters. The second-order valence-electron chi connectivity index (χ2n) is 7.84. The molecule has 0 radical (unpaired) electrons. The van der Waals surface area contributed by atoms with Gasteiger partial charge in [-0.1, -0.05) is 23.4 Å². The summed E-state index contributed by atoms with van der Waals surface area (Å²) in [6, 6.07) is 12.1. The Hall–Kier alpha value is -2.94. The van der Waals surface area contributed by atoms with Crippen LogP contribution in [0, 0.1) is 5.82 Å². The third-order valence-corrected chi connectivity index (χ3v) is 5.23. The molecule has 2 heterocycles. The van der Waals surface area contributed by atoms with Gasteiger partial charge in [-0.15, -0.1) is 6.58 Å². The third-order valence-electron chi connectivity index (χ3n) is 5.23. The van der Waals surface area contributed by atoms with E-state index in [0.717, 1.165) is 22.6 Å². The zero-order valence-electron chi connectivity index (χ0n) is 17.8. The van der Waals surface area contributed by atoms with Gasteiger partial charge in [0, 0.05) is 31.6 Å². The van der Waals surface area contributed by atoms with E-state index in [4.69, 9.17) is 19.0 Å². The van der Waals surface area contributed by atoms with Crippen molar-refractivity contribution in [3.63, 3.8) is 0 Å². The van der Waals surface area contributed by atoms with Crippen LogP contribution in [0.25, 0.3) is 0 Å². The summed E-state index contributed by atoms with van der Waals surface area (Å²) in [4.78, 5) is 7.76. The molecule has 32 heavy (non-hydrogen) atoms. The Morgan fingerprint density at radius 1 is 1.22 bits per heavy atom. The summed E-state index contributed by atoms with van der Waals surface area (Å²) in [6.07, 6.45) is 1.43. The number of benzene rings is 2. The third kappa shape index (κ3) is 5.85. The Morgan fingerprint density at radius 3 is 2.84 bits per heavy atom. The van der Waals surface area contributed by atoms with Gasteiger partial charge in [-0.25, -0.2) is 4.39 Å². The molecule has 2 aromatic rings. The largest absolute Gasteiger partial charge is 0.454 e. The van der Waals surface area contributed by atoms with E-state index in [-0.39, 0.29) is 25.3 Å². The van der Waals surface area contributed by atoms with Gasteiger partial charge in [0.05, 0.1) is 25.0 Å². The number of rotatable bonds is 11. The van der Waals surface area contributed by atoms with Crippen molar-refractivity contribution in [2.45, 2.75) is 25.2 Å². The van der Waals surface area contributed by atoms with Crippen LogP contribution in [0.5, 0.6) is 11.5 Å². The molecular formula is C24H27FN2O5. The molecule has 2 aliphatic rings. The summed E-state index contributed by atoms with van der Waals surface area (Å²) in [7, 11) is 0. The van der Waals surface area contributed by atoms with E-state index in [2.05, 4.69) is 16.6 Å². The molecule has 2 aromatic carbocycles. The van der Waals surface area contributed by atoms with Crippen LogP contribution in [0.3, 0.4) is 0 Å². The van der Waals surface area contributed by atoms with E-state index in [1.54, 1.807) is 18.2 Å². The van der Waals surface area contributed by atoms with Crippen LogP contribution in [0.1, 0.15) is 17.5 Å². The maximum Gasteiger partial charge on any atom is 0.231 e. The Kier molecular flexibility index (Phi) is 7.36. The van der Waals surface area contributed by atoms with Gasteiger partial charge in [0.25, 0.3) is 0 Å². The minimum Gasteiger partial charge on any atom is -0.454 e. The topological polar surface area (TPSA) is 72.8 Å². The first-order valence-electron chi connectivity index (χ1n) is 10.6. The van der Waals surface area contributed by atoms with Gasteiger partial charge in [-0.3, -0.25) is 4.90 Å². The Balaban J connectivity index is 1.37. The fraction of sp³-hybridized carbons (Fsp3) is 0.375. The molecule has 170 valence electrons. The molecule has 1 N–H and O–H groups in total. The van der Waals surface area contributed by atoms with Crippen molar-refractivity contribution in [3.8, 4) is 11.5 Å². The van der Waals surface area contributed by atoms with Crippen molar-refractivity contribution in [3.05, 3.63) is 72.1 Å². The minimum absolute atomic E-state index is 0.169. The zero-order chi connectivity index (χ0) is 22.3. The van der Waals surface area contributed by atoms with Crippen LogP contribution in [-0.2, 0) is 16.1 Å². The highest BCUT2D eigenvalue weighted by Crippen LogP contribution is 2.33. The van der Waals surface area contributed by atoms with E-state index in [9.17, 15) is 9.50 Å². The van der Waals surface area contributed by atoms with Gasteiger partial charge in [0.1, 0.15) is 11.9 Å². The maximum atomic E-state index is 13.3. The monoisotopic (exact) mass is 442 g/mol. The summed E-state index contributed by atoms with van der Waals surface area (Å²) >= 11 is 0. The molecule has 0 aliphatic carbocycles. The number of aliphatic hydroxyl groups is 1. The summed E-state index contributed by atoms with van der Waals surface area (Å²) < 4.78 is 29.5. The average molecular weight is 442 g/mol. The standard InChI is InChI=1S/C24H27FN2O5/c1-2-9-29-15-20(28)13-27(12-17-3-6-19(25)7-4-17)14-21-11-22(26-32-21)18-5-8-23-24(10-18)31-16-30-23/h2-8,10,20-21,28H,1,9,11-16H2/t20-,21+/m0/s1. The van der Waals surface area contributed by atoms with Crippen LogP contribution >= 0.6 is 0 Å². The number of nitrogens with zero attached hydrogens (tertiary/aromatic N) is 2. The molecule has 2 aliphatic heterocycles. The minimum atomic E-state index is -0.675. The molecule has 0 aromatic heterocycles. The lowest BCUT2D eigenvalue weighted by Crippen LogP contribution is -2.39. The Bertz CT molecular complexity index is 950. The van der Waals surface area contributed by atoms with Gasteiger partial charge in [-0.05, 0) is 35.9 Å². The molecule has 4 rings (SSSR count). The van der Waals surface area contributed by atoms with Crippen molar-refractivity contribution >= 4 is 5.71 Å². The molecule has 8 heteroatoms. The fourth-order valence-corrected chi connectivity index (χ4v) is 3.75. The second-order valence-corrected chi connectivity index (χ2v) is 7.84. The summed E-state index contributed by atoms with van der Waals surface area (Å²) in [6.45, 7) is 5.89. The predicted octanol–water partition coefficient (Wildman–Crippen LogP) is 3.11. The zero-order valence-corrected chi connectivity index (χ0v) is 17.8. The predicted molar refractivity (Wildman–Crippen MR) is 117 cm³/mol. The van der Waals surface area contributed by atoms with E-state index in [1.165, 1.54) is 12.1 Å². The second kappa shape index (κ2) is 10.6. The van der Waals surface area contributed by atoms with Crippen molar-refractivity contribution in [2.24, 2.45) is 5.16 Å². The van der Waals surface area contributed by atoms with Crippen LogP contribution in [0.2, 0.25) is 0 Å². The molecule has 7 nitrogen and oxygen atoms in total. The molecular weight excluding hydrogens is 415 g/mol. The molecule has 0 saturated heterocycles. The highest BCUT2D eigenvalue weighted by Gasteiger charge is 2.27. The van der Waals surface area contributed by atoms with Gasteiger partial charge in [0.2, 0.25) is 6.79 Å². The number of hydrogen-bond donors (Lipinski definition) is 1. The van der Waals surface area contributed by atoms with Gasteiger partial charge in [-0.2, -0.15) is 0 Å². The molecule has 0 spiro atoms. The van der Waals surface area contributed by atoms with Gasteiger partial charge < -0.3 is 24.2 Å². The van der Waals surface area contributed by atoms with Crippen LogP contribution in [0.4, 0.5) is 4.39 Å². The van der Waals surface area contributed by atoms with Crippen LogP contribution in [-0.4, -0.2) is 61.0 Å². The Morgan fingerprint density at radius 2 is 2.03 bits per heavy atom. The number of halogens is 1. The van der Waals surface area contributed by atoms with Crippen LogP contribution < -0.4 is 9.47 Å². The summed E-state index contributed by atoms with van der Waals surface area (Å²) in [5.74, 6) is 1.15. The SMILES string of the molecule is C=CCOC[C@@H](O)CN(Cc1ccc(F)cc1)C[C@H]1CC(c2ccc3c(c2)OCO3)=NO1. The maximum absolute atomic E-state index is 13.3. The lowest BCUT2D eigenvalue weighted by Gasteiger charge is -2.27. The molecule has 0 saturated carbocycles. The number of oxime groups is 1. The van der Waals surface area contributed by atoms with Crippen LogP contribution in [0.15, 0.2) is 60.3 Å². The number of hydrogen-bond acceptors (Lipinski definition) is 7. The first kappa shape index (κ1) is 22.3. The van der Waals surface area contributed by atoms with E-state index in [0.29, 0.717) is 38.4 Å². The van der Waals surface area contributed by atoms with Crippen molar-refractivity contribution in [1.29, 1.82) is 0 Å². The van der Waals surface area contributed by atoms with Crippen molar-refractivity contribution in [1.82, 2.24) is 4.90 Å². The lowest BCUT2D eigenvalue weighted by atomic mass is 10.0. The molecule has 0 bridgehead atoms. The lowest BCUT2D eigenvalue weighted by molar-refractivity contribution is 0.00335. The smallest absolute Gasteiger partial charge is 0.231 e. The van der Waals surface area contributed by atoms with E-state index >= 15 is 0 Å². The van der Waals surface area contributed by atoms with Gasteiger partial charge >= 0.3 is 0 Å². The molecule has 0 fully saturated rings. The van der Waals surface area contributed by atoms with Gasteiger partial charge in [0.15, 0.2) is 11.5 Å². The summed E-state index contributed by atoms with van der Waals surface area (Å²) in [5, 5.41) is 14.7. The van der Waals surface area contributed by atoms with Crippen molar-refractivity contribution in [2.75, 3.05) is 33.1 Å². The number of ether oxygens (including phenoxy) is 3. The average Bonchev–Trinajstić information content (AvgIpc) is 3.44. The Labute approximate surface area is 186 Å². The number of fused-ring (bicyclic) bond motifs is 1. The van der Waals surface area contributed by atoms with Crippen molar-refractivity contribution < 1.29 is 28.5 Å². The quantitative estimate of drug-likeness (QED) is 0.426.